The number of carboxylic acids is 1. The first-order valence-electron chi connectivity index (χ1n) is 5.30. The fraction of sp³-hybridized carbons (Fsp3) is 0.545. The molecular weight excluding hydrogens is 206 g/mol. The SMILES string of the molecule is CCc1nc(C)cc(N(C)CCC(=O)O)n1. The Morgan fingerprint density at radius 2 is 2.19 bits per heavy atom. The lowest BCUT2D eigenvalue weighted by Crippen LogP contribution is -2.22. The summed E-state index contributed by atoms with van der Waals surface area (Å²) in [6, 6.07) is 1.86. The third-order valence-corrected chi connectivity index (χ3v) is 2.26. The molecule has 0 fully saturated rings. The topological polar surface area (TPSA) is 66.3 Å². The molecule has 0 saturated heterocycles. The van der Waals surface area contributed by atoms with Crippen LogP contribution in [0, 0.1) is 6.92 Å². The van der Waals surface area contributed by atoms with E-state index in [1.807, 2.05) is 31.9 Å². The molecule has 0 amide bonds. The van der Waals surface area contributed by atoms with Crippen LogP contribution in [-0.4, -0.2) is 34.6 Å². The van der Waals surface area contributed by atoms with Crippen LogP contribution < -0.4 is 4.90 Å². The second-order valence-electron chi connectivity index (χ2n) is 3.70. The van der Waals surface area contributed by atoms with Crippen LogP contribution in [0.4, 0.5) is 5.82 Å². The van der Waals surface area contributed by atoms with Gasteiger partial charge in [0.1, 0.15) is 11.6 Å². The predicted molar refractivity (Wildman–Crippen MR) is 61.7 cm³/mol. The van der Waals surface area contributed by atoms with Crippen molar-refractivity contribution in [2.45, 2.75) is 26.7 Å². The molecule has 88 valence electrons. The fourth-order valence-electron chi connectivity index (χ4n) is 1.34. The number of hydrogen-bond acceptors (Lipinski definition) is 4. The first kappa shape index (κ1) is 12.4. The van der Waals surface area contributed by atoms with Gasteiger partial charge < -0.3 is 10.0 Å². The minimum Gasteiger partial charge on any atom is -0.481 e. The van der Waals surface area contributed by atoms with Gasteiger partial charge in [0.2, 0.25) is 0 Å². The first-order valence-corrected chi connectivity index (χ1v) is 5.30. The average molecular weight is 223 g/mol. The minimum atomic E-state index is -0.798. The Morgan fingerprint density at radius 3 is 2.75 bits per heavy atom. The van der Waals surface area contributed by atoms with E-state index in [1.165, 1.54) is 0 Å². The molecule has 1 heterocycles. The maximum Gasteiger partial charge on any atom is 0.305 e. The smallest absolute Gasteiger partial charge is 0.305 e. The van der Waals surface area contributed by atoms with E-state index in [2.05, 4.69) is 9.97 Å². The lowest BCUT2D eigenvalue weighted by molar-refractivity contribution is -0.136. The molecule has 0 atom stereocenters. The number of carbonyl (C=O) groups is 1. The van der Waals surface area contributed by atoms with Gasteiger partial charge >= 0.3 is 5.97 Å². The van der Waals surface area contributed by atoms with Crippen molar-refractivity contribution in [1.82, 2.24) is 9.97 Å². The van der Waals surface area contributed by atoms with Gasteiger partial charge in [-0.1, -0.05) is 6.92 Å². The molecule has 1 rings (SSSR count). The molecule has 0 bridgehead atoms. The van der Waals surface area contributed by atoms with Gasteiger partial charge in [-0.15, -0.1) is 0 Å². The van der Waals surface area contributed by atoms with Crippen LogP contribution in [-0.2, 0) is 11.2 Å². The number of aliphatic carboxylic acids is 1. The zero-order chi connectivity index (χ0) is 12.1. The number of aromatic nitrogens is 2. The number of anilines is 1. The highest BCUT2D eigenvalue weighted by molar-refractivity contribution is 5.67. The molecule has 5 nitrogen and oxygen atoms in total. The van der Waals surface area contributed by atoms with E-state index >= 15 is 0 Å². The molecule has 0 aliphatic heterocycles. The largest absolute Gasteiger partial charge is 0.481 e. The van der Waals surface area contributed by atoms with Crippen LogP contribution in [0.15, 0.2) is 6.07 Å². The molecular formula is C11H17N3O2. The number of aryl methyl sites for hydroxylation is 2. The normalized spacial score (nSPS) is 10.2. The predicted octanol–water partition coefficient (Wildman–Crippen LogP) is 1.26. The molecule has 0 aliphatic carbocycles. The molecule has 0 spiro atoms. The Balaban J connectivity index is 2.77. The number of hydrogen-bond donors (Lipinski definition) is 1. The van der Waals surface area contributed by atoms with Crippen molar-refractivity contribution in [1.29, 1.82) is 0 Å². The average Bonchev–Trinajstić information content (AvgIpc) is 2.24. The zero-order valence-corrected chi connectivity index (χ0v) is 9.90. The summed E-state index contributed by atoms with van der Waals surface area (Å²) in [6.07, 6.45) is 0.891. The molecule has 0 aliphatic rings. The molecule has 16 heavy (non-hydrogen) atoms. The summed E-state index contributed by atoms with van der Waals surface area (Å²) in [6.45, 7) is 4.36. The highest BCUT2D eigenvalue weighted by Gasteiger charge is 2.07. The summed E-state index contributed by atoms with van der Waals surface area (Å²) in [4.78, 5) is 20.9. The maximum atomic E-state index is 10.5. The van der Waals surface area contributed by atoms with Crippen molar-refractivity contribution in [3.63, 3.8) is 0 Å². The first-order chi connectivity index (χ1) is 7.52. The van der Waals surface area contributed by atoms with Crippen molar-refractivity contribution in [2.75, 3.05) is 18.5 Å². The second-order valence-corrected chi connectivity index (χ2v) is 3.70. The molecule has 0 saturated carbocycles. The second kappa shape index (κ2) is 5.44. The highest BCUT2D eigenvalue weighted by Crippen LogP contribution is 2.11. The van der Waals surface area contributed by atoms with Crippen LogP contribution >= 0.6 is 0 Å². The number of nitrogens with zero attached hydrogens (tertiary/aromatic N) is 3. The van der Waals surface area contributed by atoms with Crippen LogP contribution in [0.3, 0.4) is 0 Å². The lowest BCUT2D eigenvalue weighted by Gasteiger charge is -2.17. The van der Waals surface area contributed by atoms with Crippen molar-refractivity contribution in [3.05, 3.63) is 17.6 Å². The molecule has 1 aromatic rings. The Morgan fingerprint density at radius 1 is 1.50 bits per heavy atom. The van der Waals surface area contributed by atoms with E-state index in [0.717, 1.165) is 23.8 Å². The van der Waals surface area contributed by atoms with Gasteiger partial charge in [0.05, 0.1) is 6.42 Å². The van der Waals surface area contributed by atoms with Gasteiger partial charge in [0.15, 0.2) is 0 Å². The Hall–Kier alpha value is -1.65. The third kappa shape index (κ3) is 3.49. The summed E-state index contributed by atoms with van der Waals surface area (Å²) in [5.41, 5.74) is 0.907. The monoisotopic (exact) mass is 223 g/mol. The minimum absolute atomic E-state index is 0.112. The summed E-state index contributed by atoms with van der Waals surface area (Å²) < 4.78 is 0. The van der Waals surface area contributed by atoms with Crippen molar-refractivity contribution >= 4 is 11.8 Å². The van der Waals surface area contributed by atoms with Crippen LogP contribution in [0.2, 0.25) is 0 Å². The van der Waals surface area contributed by atoms with Crippen LogP contribution in [0.5, 0.6) is 0 Å². The van der Waals surface area contributed by atoms with Crippen molar-refractivity contribution < 1.29 is 9.90 Å². The summed E-state index contributed by atoms with van der Waals surface area (Å²) in [7, 11) is 1.84. The van der Waals surface area contributed by atoms with Crippen LogP contribution in [0.1, 0.15) is 24.9 Å². The van der Waals surface area contributed by atoms with E-state index in [4.69, 9.17) is 5.11 Å². The number of carboxylic acid groups (broad SMARTS) is 1. The van der Waals surface area contributed by atoms with Crippen molar-refractivity contribution in [2.24, 2.45) is 0 Å². The molecule has 0 aromatic carbocycles. The van der Waals surface area contributed by atoms with Gasteiger partial charge in [-0.25, -0.2) is 9.97 Å². The fourth-order valence-corrected chi connectivity index (χ4v) is 1.34. The molecule has 1 N–H and O–H groups in total. The van der Waals surface area contributed by atoms with Crippen LogP contribution in [0.25, 0.3) is 0 Å². The zero-order valence-electron chi connectivity index (χ0n) is 9.90. The molecule has 1 aromatic heterocycles. The van der Waals surface area contributed by atoms with Gasteiger partial charge in [0, 0.05) is 31.8 Å². The molecule has 5 heteroatoms. The number of rotatable bonds is 5. The van der Waals surface area contributed by atoms with Gasteiger partial charge in [-0.05, 0) is 6.92 Å². The maximum absolute atomic E-state index is 10.5. The summed E-state index contributed by atoms with van der Waals surface area (Å²) >= 11 is 0. The Bertz CT molecular complexity index is 379. The van der Waals surface area contributed by atoms with Gasteiger partial charge in [-0.2, -0.15) is 0 Å². The van der Waals surface area contributed by atoms with E-state index in [-0.39, 0.29) is 6.42 Å². The Kier molecular flexibility index (Phi) is 4.22. The highest BCUT2D eigenvalue weighted by atomic mass is 16.4. The standard InChI is InChI=1S/C11H17N3O2/c1-4-9-12-8(2)7-10(13-9)14(3)6-5-11(15)16/h7H,4-6H2,1-3H3,(H,15,16). The van der Waals surface area contributed by atoms with Crippen molar-refractivity contribution in [3.8, 4) is 0 Å². The quantitative estimate of drug-likeness (QED) is 0.814. The van der Waals surface area contributed by atoms with E-state index in [1.54, 1.807) is 0 Å². The van der Waals surface area contributed by atoms with E-state index in [9.17, 15) is 4.79 Å². The summed E-state index contributed by atoms with van der Waals surface area (Å²) in [5, 5.41) is 8.61. The summed E-state index contributed by atoms with van der Waals surface area (Å²) in [5.74, 6) is 0.774. The third-order valence-electron chi connectivity index (χ3n) is 2.26. The van der Waals surface area contributed by atoms with Gasteiger partial charge in [-0.3, -0.25) is 4.79 Å². The lowest BCUT2D eigenvalue weighted by atomic mass is 10.3. The Labute approximate surface area is 95.1 Å². The molecule has 0 unspecified atom stereocenters. The molecule has 0 radical (unpaired) electrons. The van der Waals surface area contributed by atoms with E-state index < -0.39 is 5.97 Å². The van der Waals surface area contributed by atoms with E-state index in [0.29, 0.717) is 6.54 Å². The van der Waals surface area contributed by atoms with Gasteiger partial charge in [0.25, 0.3) is 0 Å².